The SMILES string of the molecule is O=C(N[C@@H]1CC(=O)N(C2CC2)C1)c1cn[nH]c1[C@H]1CCOC1. The van der Waals surface area contributed by atoms with Crippen LogP contribution in [0.25, 0.3) is 0 Å². The van der Waals surface area contributed by atoms with Crippen LogP contribution in [0.3, 0.4) is 0 Å². The molecule has 3 fully saturated rings. The summed E-state index contributed by atoms with van der Waals surface area (Å²) in [6, 6.07) is 0.317. The molecule has 0 aromatic carbocycles. The van der Waals surface area contributed by atoms with Gasteiger partial charge in [-0.05, 0) is 19.3 Å². The van der Waals surface area contributed by atoms with Crippen LogP contribution in [0, 0.1) is 0 Å². The number of hydrogen-bond donors (Lipinski definition) is 2. The fourth-order valence-corrected chi connectivity index (χ4v) is 3.38. The number of H-pyrrole nitrogens is 1. The summed E-state index contributed by atoms with van der Waals surface area (Å²) in [7, 11) is 0. The third-order valence-electron chi connectivity index (χ3n) is 4.73. The maximum Gasteiger partial charge on any atom is 0.255 e. The van der Waals surface area contributed by atoms with Crippen molar-refractivity contribution in [3.63, 3.8) is 0 Å². The largest absolute Gasteiger partial charge is 0.381 e. The van der Waals surface area contributed by atoms with E-state index in [9.17, 15) is 9.59 Å². The number of nitrogens with zero attached hydrogens (tertiary/aromatic N) is 2. The molecule has 4 rings (SSSR count). The van der Waals surface area contributed by atoms with E-state index in [0.717, 1.165) is 31.6 Å². The van der Waals surface area contributed by atoms with E-state index in [-0.39, 0.29) is 23.8 Å². The molecule has 2 amide bonds. The number of likely N-dealkylation sites (tertiary alicyclic amines) is 1. The second-order valence-corrected chi connectivity index (χ2v) is 6.41. The molecule has 3 aliphatic rings. The predicted molar refractivity (Wildman–Crippen MR) is 77.4 cm³/mol. The lowest BCUT2D eigenvalue weighted by atomic mass is 10.0. The quantitative estimate of drug-likeness (QED) is 0.843. The van der Waals surface area contributed by atoms with Gasteiger partial charge in [0, 0.05) is 31.5 Å². The Kier molecular flexibility index (Phi) is 3.37. The maximum atomic E-state index is 12.5. The van der Waals surface area contributed by atoms with Crippen molar-refractivity contribution in [3.8, 4) is 0 Å². The molecule has 3 heterocycles. The van der Waals surface area contributed by atoms with E-state index in [4.69, 9.17) is 4.74 Å². The van der Waals surface area contributed by atoms with Crippen molar-refractivity contribution < 1.29 is 14.3 Å². The first-order valence-electron chi connectivity index (χ1n) is 7.93. The van der Waals surface area contributed by atoms with E-state index in [0.29, 0.717) is 31.2 Å². The van der Waals surface area contributed by atoms with Crippen LogP contribution >= 0.6 is 0 Å². The van der Waals surface area contributed by atoms with Crippen LogP contribution in [0.15, 0.2) is 6.20 Å². The molecule has 1 aromatic heterocycles. The van der Waals surface area contributed by atoms with Crippen molar-refractivity contribution in [3.05, 3.63) is 17.5 Å². The van der Waals surface area contributed by atoms with Gasteiger partial charge in [0.1, 0.15) is 0 Å². The lowest BCUT2D eigenvalue weighted by Crippen LogP contribution is -2.38. The van der Waals surface area contributed by atoms with Crippen LogP contribution in [-0.4, -0.2) is 58.8 Å². The minimum absolute atomic E-state index is 0.0943. The van der Waals surface area contributed by atoms with Gasteiger partial charge >= 0.3 is 0 Å². The summed E-state index contributed by atoms with van der Waals surface area (Å²) >= 11 is 0. The van der Waals surface area contributed by atoms with Crippen molar-refractivity contribution in [2.45, 2.75) is 43.7 Å². The van der Waals surface area contributed by atoms with E-state index in [2.05, 4.69) is 15.5 Å². The van der Waals surface area contributed by atoms with Gasteiger partial charge in [-0.15, -0.1) is 0 Å². The zero-order chi connectivity index (χ0) is 15.1. The summed E-state index contributed by atoms with van der Waals surface area (Å²) in [5, 5.41) is 9.93. The van der Waals surface area contributed by atoms with Crippen molar-refractivity contribution >= 4 is 11.8 Å². The molecule has 2 atom stereocenters. The number of hydrogen-bond acceptors (Lipinski definition) is 4. The zero-order valence-corrected chi connectivity index (χ0v) is 12.4. The van der Waals surface area contributed by atoms with Gasteiger partial charge in [-0.3, -0.25) is 14.7 Å². The smallest absolute Gasteiger partial charge is 0.255 e. The molecule has 1 aliphatic carbocycles. The number of ether oxygens (including phenoxy) is 1. The van der Waals surface area contributed by atoms with Crippen LogP contribution < -0.4 is 5.32 Å². The van der Waals surface area contributed by atoms with E-state index in [1.165, 1.54) is 0 Å². The van der Waals surface area contributed by atoms with Gasteiger partial charge in [0.15, 0.2) is 0 Å². The summed E-state index contributed by atoms with van der Waals surface area (Å²) in [5.74, 6) is 0.215. The minimum Gasteiger partial charge on any atom is -0.381 e. The minimum atomic E-state index is -0.147. The van der Waals surface area contributed by atoms with Gasteiger partial charge in [-0.2, -0.15) is 5.10 Å². The highest BCUT2D eigenvalue weighted by Crippen LogP contribution is 2.31. The molecule has 7 heteroatoms. The zero-order valence-electron chi connectivity index (χ0n) is 12.4. The topological polar surface area (TPSA) is 87.3 Å². The van der Waals surface area contributed by atoms with E-state index < -0.39 is 0 Å². The Morgan fingerprint density at radius 2 is 2.27 bits per heavy atom. The highest BCUT2D eigenvalue weighted by Gasteiger charge is 2.40. The molecule has 118 valence electrons. The molecular formula is C15H20N4O3. The van der Waals surface area contributed by atoms with Crippen LogP contribution in [-0.2, 0) is 9.53 Å². The van der Waals surface area contributed by atoms with Gasteiger partial charge in [0.05, 0.1) is 30.1 Å². The molecule has 7 nitrogen and oxygen atoms in total. The van der Waals surface area contributed by atoms with Crippen molar-refractivity contribution in [1.29, 1.82) is 0 Å². The van der Waals surface area contributed by atoms with Gasteiger partial charge in [0.25, 0.3) is 5.91 Å². The normalized spacial score (nSPS) is 28.4. The average Bonchev–Trinajstić information content (AvgIpc) is 2.94. The molecular weight excluding hydrogens is 284 g/mol. The molecule has 22 heavy (non-hydrogen) atoms. The molecule has 0 spiro atoms. The fourth-order valence-electron chi connectivity index (χ4n) is 3.38. The van der Waals surface area contributed by atoms with Gasteiger partial charge in [0.2, 0.25) is 5.91 Å². The van der Waals surface area contributed by atoms with Crippen LogP contribution in [0.4, 0.5) is 0 Å². The number of carbonyl (C=O) groups excluding carboxylic acids is 2. The lowest BCUT2D eigenvalue weighted by Gasteiger charge is -2.16. The van der Waals surface area contributed by atoms with Crippen LogP contribution in [0.2, 0.25) is 0 Å². The van der Waals surface area contributed by atoms with Crippen LogP contribution in [0.1, 0.15) is 47.7 Å². The van der Waals surface area contributed by atoms with E-state index in [1.807, 2.05) is 4.90 Å². The third-order valence-corrected chi connectivity index (χ3v) is 4.73. The summed E-state index contributed by atoms with van der Waals surface area (Å²) in [5.41, 5.74) is 1.42. The molecule has 1 saturated carbocycles. The first kappa shape index (κ1) is 13.8. The molecule has 2 saturated heterocycles. The molecule has 0 unspecified atom stereocenters. The highest BCUT2D eigenvalue weighted by molar-refractivity contribution is 5.96. The number of rotatable bonds is 4. The molecule has 2 N–H and O–H groups in total. The molecule has 0 radical (unpaired) electrons. The van der Waals surface area contributed by atoms with Crippen molar-refractivity contribution in [2.75, 3.05) is 19.8 Å². The summed E-state index contributed by atoms with van der Waals surface area (Å²) in [6.45, 7) is 1.98. The van der Waals surface area contributed by atoms with Crippen LogP contribution in [0.5, 0.6) is 0 Å². The highest BCUT2D eigenvalue weighted by atomic mass is 16.5. The summed E-state index contributed by atoms with van der Waals surface area (Å²) in [6.07, 6.45) is 5.07. The second-order valence-electron chi connectivity index (χ2n) is 6.41. The molecule has 0 bridgehead atoms. The van der Waals surface area contributed by atoms with Gasteiger partial charge < -0.3 is 15.0 Å². The summed E-state index contributed by atoms with van der Waals surface area (Å²) in [4.78, 5) is 26.4. The number of carbonyl (C=O) groups is 2. The Balaban J connectivity index is 1.42. The van der Waals surface area contributed by atoms with E-state index >= 15 is 0 Å². The maximum absolute atomic E-state index is 12.5. The second kappa shape index (κ2) is 5.39. The predicted octanol–water partition coefficient (Wildman–Crippen LogP) is 0.407. The lowest BCUT2D eigenvalue weighted by molar-refractivity contribution is -0.128. The number of amides is 2. The number of aromatic nitrogens is 2. The Morgan fingerprint density at radius 3 is 3.00 bits per heavy atom. The Bertz CT molecular complexity index is 589. The average molecular weight is 304 g/mol. The first-order chi connectivity index (χ1) is 10.7. The van der Waals surface area contributed by atoms with Crippen molar-refractivity contribution in [2.24, 2.45) is 0 Å². The Hall–Kier alpha value is -1.89. The summed E-state index contributed by atoms with van der Waals surface area (Å²) < 4.78 is 5.38. The fraction of sp³-hybridized carbons (Fsp3) is 0.667. The first-order valence-corrected chi connectivity index (χ1v) is 7.93. The number of aromatic amines is 1. The molecule has 2 aliphatic heterocycles. The standard InChI is InChI=1S/C15H20N4O3/c20-13-5-10(7-19(13)11-1-2-11)17-15(21)12-6-16-18-14(12)9-3-4-22-8-9/h6,9-11H,1-5,7-8H2,(H,16,18)(H,17,21)/t9-,10+/m0/s1. The third kappa shape index (κ3) is 2.49. The van der Waals surface area contributed by atoms with Gasteiger partial charge in [-0.1, -0.05) is 0 Å². The van der Waals surface area contributed by atoms with Crippen molar-refractivity contribution in [1.82, 2.24) is 20.4 Å². The monoisotopic (exact) mass is 304 g/mol. The molecule has 1 aromatic rings. The van der Waals surface area contributed by atoms with E-state index in [1.54, 1.807) is 6.20 Å². The Morgan fingerprint density at radius 1 is 1.41 bits per heavy atom. The van der Waals surface area contributed by atoms with Gasteiger partial charge in [-0.25, -0.2) is 0 Å². The Labute approximate surface area is 128 Å². The number of nitrogens with one attached hydrogen (secondary N) is 2.